The van der Waals surface area contributed by atoms with Crippen LogP contribution in [0.3, 0.4) is 0 Å². The standard InChI is InChI=1S/C23H23N3O10S/c1-12-9-18(29)26(12)19(21(31)32)23(2,37(34)35)11-24-25-20(30)13-3-6-15(7-4-13)36-22(33)14-5-8-16(27)17(28)10-14/h3-8,10-12,19,27-28H,9H2,1-2H3,(H,25,30)(H,31,32)(H,34,35)/p-1/b24-11+/t12-,19+,23+/m1/s1. The lowest BCUT2D eigenvalue weighted by Crippen LogP contribution is -2.67. The number of hydrogen-bond acceptors (Lipinski definition) is 10. The van der Waals surface area contributed by atoms with Crippen LogP contribution < -0.4 is 10.2 Å². The van der Waals surface area contributed by atoms with Crippen LogP contribution in [0.15, 0.2) is 47.6 Å². The van der Waals surface area contributed by atoms with E-state index in [9.17, 15) is 43.3 Å². The Bertz CT molecular complexity index is 1300. The van der Waals surface area contributed by atoms with Crippen LogP contribution in [0.4, 0.5) is 0 Å². The largest absolute Gasteiger partial charge is 0.772 e. The number of phenolic OH excluding ortho intramolecular Hbond substituents is 2. The van der Waals surface area contributed by atoms with Crippen molar-refractivity contribution >= 4 is 41.0 Å². The summed E-state index contributed by atoms with van der Waals surface area (Å²) in [5, 5.41) is 32.1. The van der Waals surface area contributed by atoms with Crippen molar-refractivity contribution in [3.05, 3.63) is 53.6 Å². The van der Waals surface area contributed by atoms with E-state index in [2.05, 4.69) is 10.5 Å². The summed E-state index contributed by atoms with van der Waals surface area (Å²) >= 11 is -3.03. The molecular weight excluding hydrogens is 510 g/mol. The first-order valence-electron chi connectivity index (χ1n) is 10.7. The Morgan fingerprint density at radius 1 is 1.19 bits per heavy atom. The van der Waals surface area contributed by atoms with Crippen molar-refractivity contribution in [3.8, 4) is 17.2 Å². The monoisotopic (exact) mass is 532 g/mol. The van der Waals surface area contributed by atoms with E-state index in [1.165, 1.54) is 30.3 Å². The predicted molar refractivity (Wildman–Crippen MR) is 127 cm³/mol. The van der Waals surface area contributed by atoms with E-state index in [4.69, 9.17) is 4.74 Å². The third-order valence-corrected chi connectivity index (χ3v) is 6.72. The Hall–Kier alpha value is -4.30. The van der Waals surface area contributed by atoms with Crippen molar-refractivity contribution in [1.29, 1.82) is 0 Å². The maximum Gasteiger partial charge on any atom is 0.343 e. The van der Waals surface area contributed by atoms with E-state index in [0.717, 1.165) is 30.2 Å². The molecule has 0 aliphatic carbocycles. The normalized spacial score (nSPS) is 18.4. The summed E-state index contributed by atoms with van der Waals surface area (Å²) in [6, 6.07) is 6.31. The number of nitrogens with zero attached hydrogens (tertiary/aromatic N) is 2. The van der Waals surface area contributed by atoms with Gasteiger partial charge >= 0.3 is 11.9 Å². The molecule has 1 heterocycles. The summed E-state index contributed by atoms with van der Waals surface area (Å²) in [5.74, 6) is -4.52. The molecule has 37 heavy (non-hydrogen) atoms. The average molecular weight is 533 g/mol. The molecule has 1 fully saturated rings. The number of aliphatic carboxylic acids is 1. The first-order chi connectivity index (χ1) is 17.3. The molecule has 13 nitrogen and oxygen atoms in total. The molecule has 2 aromatic rings. The Morgan fingerprint density at radius 3 is 2.32 bits per heavy atom. The van der Waals surface area contributed by atoms with Crippen molar-refractivity contribution in [2.24, 2.45) is 5.10 Å². The number of rotatable bonds is 9. The van der Waals surface area contributed by atoms with Crippen molar-refractivity contribution in [1.82, 2.24) is 10.3 Å². The van der Waals surface area contributed by atoms with Crippen LogP contribution >= 0.6 is 0 Å². The molecule has 1 aliphatic rings. The highest BCUT2D eigenvalue weighted by atomic mass is 32.2. The van der Waals surface area contributed by atoms with Crippen molar-refractivity contribution in [2.45, 2.75) is 37.1 Å². The SMILES string of the molecule is C[C@@H]1CC(=O)N1[C@@H](C(=O)O)[C@](C)(/C=N/NC(=O)c1ccc(OC(=O)c2ccc(O)c(O)c2)cc1)S(=O)[O-]. The van der Waals surface area contributed by atoms with Crippen LogP contribution in [-0.2, 0) is 20.7 Å². The fraction of sp³-hybridized carbons (Fsp3) is 0.261. The van der Waals surface area contributed by atoms with E-state index in [0.29, 0.717) is 0 Å². The number of hydrazone groups is 1. The molecular formula is C23H22N3O10S-. The van der Waals surface area contributed by atoms with Crippen LogP contribution in [0.5, 0.6) is 17.2 Å². The number of esters is 1. The summed E-state index contributed by atoms with van der Waals surface area (Å²) < 4.78 is 26.9. The van der Waals surface area contributed by atoms with E-state index in [1.807, 2.05) is 0 Å². The van der Waals surface area contributed by atoms with E-state index >= 15 is 0 Å². The van der Waals surface area contributed by atoms with Crippen LogP contribution in [0, 0.1) is 0 Å². The number of benzene rings is 2. The molecule has 2 aromatic carbocycles. The van der Waals surface area contributed by atoms with Crippen LogP contribution in [0.2, 0.25) is 0 Å². The fourth-order valence-corrected chi connectivity index (χ4v) is 4.14. The Labute approximate surface area is 212 Å². The van der Waals surface area contributed by atoms with Crippen LogP contribution in [0.25, 0.3) is 0 Å². The minimum Gasteiger partial charge on any atom is -0.772 e. The second-order valence-corrected chi connectivity index (χ2v) is 9.68. The molecule has 0 saturated carbocycles. The highest BCUT2D eigenvalue weighted by molar-refractivity contribution is 7.81. The second kappa shape index (κ2) is 10.8. The number of β-lactam (4-membered cyclic amide) rings is 1. The van der Waals surface area contributed by atoms with E-state index < -0.39 is 63.2 Å². The number of carbonyl (C=O) groups is 4. The van der Waals surface area contributed by atoms with E-state index in [-0.39, 0.29) is 23.3 Å². The van der Waals surface area contributed by atoms with Gasteiger partial charge in [-0.05, 0) is 67.4 Å². The number of hydrogen-bond donors (Lipinski definition) is 4. The number of nitrogens with one attached hydrogen (secondary N) is 1. The smallest absolute Gasteiger partial charge is 0.343 e. The molecule has 14 heteroatoms. The molecule has 0 aromatic heterocycles. The van der Waals surface area contributed by atoms with Gasteiger partial charge in [0.05, 0.1) is 10.3 Å². The second-order valence-electron chi connectivity index (χ2n) is 8.33. The molecule has 1 unspecified atom stereocenters. The number of aromatic hydroxyl groups is 2. The highest BCUT2D eigenvalue weighted by Gasteiger charge is 2.51. The minimum absolute atomic E-state index is 0.0285. The van der Waals surface area contributed by atoms with Gasteiger partial charge in [0.1, 0.15) is 5.75 Å². The summed E-state index contributed by atoms with van der Waals surface area (Å²) in [6.07, 6.45) is 0.830. The Kier molecular flexibility index (Phi) is 7.93. The molecule has 0 radical (unpaired) electrons. The van der Waals surface area contributed by atoms with Crippen LogP contribution in [0.1, 0.15) is 41.0 Å². The lowest BCUT2D eigenvalue weighted by atomic mass is 9.92. The number of ether oxygens (including phenoxy) is 1. The maximum atomic E-state index is 12.4. The lowest BCUT2D eigenvalue weighted by molar-refractivity contribution is -0.161. The lowest BCUT2D eigenvalue weighted by Gasteiger charge is -2.48. The van der Waals surface area contributed by atoms with Crippen LogP contribution in [-0.4, -0.2) is 75.8 Å². The number of carboxylic acid groups (broad SMARTS) is 1. The van der Waals surface area contributed by atoms with Gasteiger partial charge in [-0.3, -0.25) is 13.8 Å². The fourth-order valence-electron chi connectivity index (χ4n) is 3.61. The summed E-state index contributed by atoms with van der Waals surface area (Å²) in [5.41, 5.74) is 2.12. The molecule has 0 bridgehead atoms. The zero-order chi connectivity index (χ0) is 27.5. The van der Waals surface area contributed by atoms with Gasteiger partial charge in [-0.15, -0.1) is 0 Å². The molecule has 1 aliphatic heterocycles. The average Bonchev–Trinajstić information content (AvgIpc) is 2.84. The molecule has 4 N–H and O–H groups in total. The Morgan fingerprint density at radius 2 is 1.81 bits per heavy atom. The summed E-state index contributed by atoms with van der Waals surface area (Å²) in [6.45, 7) is 2.65. The van der Waals surface area contributed by atoms with Gasteiger partial charge in [0.2, 0.25) is 5.91 Å². The molecule has 4 atom stereocenters. The quantitative estimate of drug-likeness (QED) is 0.0678. The topological polar surface area (TPSA) is 206 Å². The summed E-state index contributed by atoms with van der Waals surface area (Å²) in [7, 11) is 0. The maximum absolute atomic E-state index is 12.4. The molecule has 196 valence electrons. The molecule has 3 rings (SSSR count). The van der Waals surface area contributed by atoms with Gasteiger partial charge in [-0.1, -0.05) is 0 Å². The zero-order valence-electron chi connectivity index (χ0n) is 19.5. The van der Waals surface area contributed by atoms with Gasteiger partial charge in [0, 0.05) is 24.2 Å². The molecule has 1 saturated heterocycles. The predicted octanol–water partition coefficient (Wildman–Crippen LogP) is 0.744. The Balaban J connectivity index is 1.68. The van der Waals surface area contributed by atoms with Crippen molar-refractivity contribution in [2.75, 3.05) is 0 Å². The molecule has 2 amide bonds. The number of amides is 2. The van der Waals surface area contributed by atoms with Gasteiger partial charge < -0.3 is 29.5 Å². The van der Waals surface area contributed by atoms with Gasteiger partial charge in [0.15, 0.2) is 17.5 Å². The van der Waals surface area contributed by atoms with E-state index in [1.54, 1.807) is 6.92 Å². The number of carbonyl (C=O) groups excluding carboxylic acids is 3. The third kappa shape index (κ3) is 5.76. The number of phenols is 2. The number of likely N-dealkylation sites (tertiary alicyclic amines) is 1. The highest BCUT2D eigenvalue weighted by Crippen LogP contribution is 2.30. The first-order valence-corrected chi connectivity index (χ1v) is 11.7. The third-order valence-electron chi connectivity index (χ3n) is 5.67. The minimum atomic E-state index is -3.03. The van der Waals surface area contributed by atoms with Crippen molar-refractivity contribution < 1.29 is 48.0 Å². The van der Waals surface area contributed by atoms with Gasteiger partial charge in [0.25, 0.3) is 5.91 Å². The summed E-state index contributed by atoms with van der Waals surface area (Å²) in [4.78, 5) is 49.3. The van der Waals surface area contributed by atoms with Gasteiger partial charge in [-0.2, -0.15) is 5.10 Å². The zero-order valence-corrected chi connectivity index (χ0v) is 20.3. The van der Waals surface area contributed by atoms with Gasteiger partial charge in [-0.25, -0.2) is 15.0 Å². The molecule has 0 spiro atoms. The van der Waals surface area contributed by atoms with Crippen molar-refractivity contribution in [3.63, 3.8) is 0 Å². The first kappa shape index (κ1) is 27.3. The number of carboxylic acids is 1.